The molecule has 2 heterocycles. The van der Waals surface area contributed by atoms with Gasteiger partial charge in [0.1, 0.15) is 5.82 Å². The van der Waals surface area contributed by atoms with Crippen LogP contribution < -0.4 is 5.32 Å². The summed E-state index contributed by atoms with van der Waals surface area (Å²) >= 11 is 0. The first kappa shape index (κ1) is 18.4. The molecule has 2 aromatic carbocycles. The summed E-state index contributed by atoms with van der Waals surface area (Å²) in [4.78, 5) is 17.1. The summed E-state index contributed by atoms with van der Waals surface area (Å²) in [6.45, 7) is 2.07. The Kier molecular flexibility index (Phi) is 5.48. The second kappa shape index (κ2) is 8.35. The number of nitrogens with zero attached hydrogens (tertiary/aromatic N) is 1. The first-order valence-electron chi connectivity index (χ1n) is 9.38. The lowest BCUT2D eigenvalue weighted by molar-refractivity contribution is 0.0536. The molecule has 1 aromatic heterocycles. The van der Waals surface area contributed by atoms with Gasteiger partial charge in [-0.3, -0.25) is 4.79 Å². The van der Waals surface area contributed by atoms with Gasteiger partial charge in [-0.15, -0.1) is 0 Å². The van der Waals surface area contributed by atoms with E-state index in [0.29, 0.717) is 41.8 Å². The molecule has 0 spiro atoms. The van der Waals surface area contributed by atoms with Crippen LogP contribution in [0.25, 0.3) is 22.8 Å². The average molecular weight is 380 g/mol. The van der Waals surface area contributed by atoms with Crippen LogP contribution in [0, 0.1) is 11.7 Å². The quantitative estimate of drug-likeness (QED) is 0.717. The van der Waals surface area contributed by atoms with Crippen LogP contribution >= 0.6 is 0 Å². The molecule has 1 N–H and O–H groups in total. The molecular formula is C22H21FN2O3. The average Bonchev–Trinajstić information content (AvgIpc) is 3.23. The Balaban J connectivity index is 1.52. The van der Waals surface area contributed by atoms with E-state index >= 15 is 0 Å². The van der Waals surface area contributed by atoms with Crippen molar-refractivity contribution >= 4 is 5.91 Å². The van der Waals surface area contributed by atoms with Gasteiger partial charge in [0.15, 0.2) is 5.76 Å². The van der Waals surface area contributed by atoms with Crippen molar-refractivity contribution in [3.8, 4) is 22.8 Å². The summed E-state index contributed by atoms with van der Waals surface area (Å²) in [5, 5.41) is 2.99. The van der Waals surface area contributed by atoms with Crippen molar-refractivity contribution in [2.75, 3.05) is 19.8 Å². The minimum Gasteiger partial charge on any atom is -0.436 e. The van der Waals surface area contributed by atoms with E-state index in [1.165, 1.54) is 12.1 Å². The number of halogens is 1. The molecule has 0 unspecified atom stereocenters. The van der Waals surface area contributed by atoms with E-state index in [1.807, 2.05) is 12.1 Å². The normalized spacial score (nSPS) is 16.7. The molecule has 1 atom stereocenters. The van der Waals surface area contributed by atoms with E-state index in [0.717, 1.165) is 25.0 Å². The van der Waals surface area contributed by atoms with Crippen molar-refractivity contribution in [3.05, 3.63) is 66.1 Å². The van der Waals surface area contributed by atoms with Crippen LogP contribution in [0.3, 0.4) is 0 Å². The standard InChI is InChI=1S/C22H21FN2O3/c23-17-9-7-16(8-10-17)20-13-25-22(28-20)19-6-2-1-5-18(19)21(26)24-12-15-4-3-11-27-14-15/h1-2,5-10,13,15H,3-4,11-12,14H2,(H,24,26)/t15-/m0/s1. The third-order valence-electron chi connectivity index (χ3n) is 4.84. The molecule has 4 rings (SSSR count). The smallest absolute Gasteiger partial charge is 0.252 e. The van der Waals surface area contributed by atoms with Crippen molar-refractivity contribution in [3.63, 3.8) is 0 Å². The van der Waals surface area contributed by atoms with Crippen LogP contribution in [-0.4, -0.2) is 30.6 Å². The van der Waals surface area contributed by atoms with E-state index < -0.39 is 0 Å². The van der Waals surface area contributed by atoms with Crippen LogP contribution in [0.1, 0.15) is 23.2 Å². The van der Waals surface area contributed by atoms with Gasteiger partial charge < -0.3 is 14.5 Å². The van der Waals surface area contributed by atoms with Crippen LogP contribution in [-0.2, 0) is 4.74 Å². The number of aromatic nitrogens is 1. The third kappa shape index (κ3) is 4.12. The number of rotatable bonds is 5. The van der Waals surface area contributed by atoms with Crippen LogP contribution in [0.5, 0.6) is 0 Å². The van der Waals surface area contributed by atoms with Gasteiger partial charge in [-0.25, -0.2) is 9.37 Å². The molecule has 28 heavy (non-hydrogen) atoms. The highest BCUT2D eigenvalue weighted by Crippen LogP contribution is 2.28. The van der Waals surface area contributed by atoms with Crippen LogP contribution in [0.4, 0.5) is 4.39 Å². The zero-order chi connectivity index (χ0) is 19.3. The molecular weight excluding hydrogens is 359 g/mol. The van der Waals surface area contributed by atoms with Gasteiger partial charge in [0, 0.05) is 24.3 Å². The molecule has 1 aliphatic heterocycles. The Morgan fingerprint density at radius 2 is 2.00 bits per heavy atom. The number of carbonyl (C=O) groups excluding carboxylic acids is 1. The Morgan fingerprint density at radius 3 is 2.79 bits per heavy atom. The molecule has 3 aromatic rings. The first-order chi connectivity index (χ1) is 13.7. The first-order valence-corrected chi connectivity index (χ1v) is 9.38. The van der Waals surface area contributed by atoms with E-state index in [2.05, 4.69) is 10.3 Å². The largest absolute Gasteiger partial charge is 0.436 e. The summed E-state index contributed by atoms with van der Waals surface area (Å²) < 4.78 is 24.4. The van der Waals surface area contributed by atoms with Gasteiger partial charge in [-0.2, -0.15) is 0 Å². The minimum absolute atomic E-state index is 0.164. The van der Waals surface area contributed by atoms with Gasteiger partial charge in [0.25, 0.3) is 5.91 Å². The highest BCUT2D eigenvalue weighted by molar-refractivity contribution is 6.00. The van der Waals surface area contributed by atoms with E-state index in [9.17, 15) is 9.18 Å². The van der Waals surface area contributed by atoms with Gasteiger partial charge >= 0.3 is 0 Å². The Bertz CT molecular complexity index is 946. The van der Waals surface area contributed by atoms with Crippen molar-refractivity contribution in [1.82, 2.24) is 10.3 Å². The third-order valence-corrected chi connectivity index (χ3v) is 4.84. The lowest BCUT2D eigenvalue weighted by atomic mass is 10.0. The zero-order valence-corrected chi connectivity index (χ0v) is 15.4. The number of amides is 1. The van der Waals surface area contributed by atoms with Gasteiger partial charge in [-0.05, 0) is 55.2 Å². The number of benzene rings is 2. The lowest BCUT2D eigenvalue weighted by Crippen LogP contribution is -2.33. The zero-order valence-electron chi connectivity index (χ0n) is 15.4. The number of hydrogen-bond acceptors (Lipinski definition) is 4. The lowest BCUT2D eigenvalue weighted by Gasteiger charge is -2.22. The summed E-state index contributed by atoms with van der Waals surface area (Å²) in [5.74, 6) is 0.740. The molecule has 0 aliphatic carbocycles. The number of ether oxygens (including phenoxy) is 1. The monoisotopic (exact) mass is 380 g/mol. The Labute approximate surface area is 162 Å². The number of oxazole rings is 1. The van der Waals surface area contributed by atoms with E-state index in [1.54, 1.807) is 30.5 Å². The molecule has 6 heteroatoms. The van der Waals surface area contributed by atoms with E-state index in [-0.39, 0.29) is 11.7 Å². The van der Waals surface area contributed by atoms with Crippen molar-refractivity contribution in [1.29, 1.82) is 0 Å². The molecule has 1 saturated heterocycles. The Morgan fingerprint density at radius 1 is 1.18 bits per heavy atom. The van der Waals surface area contributed by atoms with Crippen LogP contribution in [0.15, 0.2) is 59.1 Å². The highest BCUT2D eigenvalue weighted by Gasteiger charge is 2.19. The predicted molar refractivity (Wildman–Crippen MR) is 103 cm³/mol. The van der Waals surface area contributed by atoms with E-state index in [4.69, 9.17) is 9.15 Å². The Hall–Kier alpha value is -2.99. The molecule has 5 nitrogen and oxygen atoms in total. The molecule has 0 saturated carbocycles. The second-order valence-corrected chi connectivity index (χ2v) is 6.88. The summed E-state index contributed by atoms with van der Waals surface area (Å²) in [7, 11) is 0. The highest BCUT2D eigenvalue weighted by atomic mass is 19.1. The molecule has 0 radical (unpaired) electrons. The van der Waals surface area contributed by atoms with Crippen molar-refractivity contribution in [2.24, 2.45) is 5.92 Å². The number of hydrogen-bond donors (Lipinski definition) is 1. The molecule has 1 fully saturated rings. The van der Waals surface area contributed by atoms with Gasteiger partial charge in [-0.1, -0.05) is 12.1 Å². The molecule has 144 valence electrons. The number of nitrogens with one attached hydrogen (secondary N) is 1. The fourth-order valence-corrected chi connectivity index (χ4v) is 3.31. The fourth-order valence-electron chi connectivity index (χ4n) is 3.31. The predicted octanol–water partition coefficient (Wildman–Crippen LogP) is 4.30. The fraction of sp³-hybridized carbons (Fsp3) is 0.273. The topological polar surface area (TPSA) is 64.4 Å². The molecule has 0 bridgehead atoms. The minimum atomic E-state index is -0.311. The molecule has 1 amide bonds. The number of carbonyl (C=O) groups is 1. The maximum absolute atomic E-state index is 13.1. The summed E-state index contributed by atoms with van der Waals surface area (Å²) in [6.07, 6.45) is 3.67. The van der Waals surface area contributed by atoms with Crippen molar-refractivity contribution in [2.45, 2.75) is 12.8 Å². The van der Waals surface area contributed by atoms with Crippen molar-refractivity contribution < 1.29 is 18.3 Å². The summed E-state index contributed by atoms with van der Waals surface area (Å²) in [6, 6.07) is 13.2. The SMILES string of the molecule is O=C(NC[C@@H]1CCCOC1)c1ccccc1-c1ncc(-c2ccc(F)cc2)o1. The molecule has 1 aliphatic rings. The van der Waals surface area contributed by atoms with Gasteiger partial charge in [0.2, 0.25) is 5.89 Å². The van der Waals surface area contributed by atoms with Crippen LogP contribution in [0.2, 0.25) is 0 Å². The second-order valence-electron chi connectivity index (χ2n) is 6.88. The summed E-state index contributed by atoms with van der Waals surface area (Å²) in [5.41, 5.74) is 1.85. The van der Waals surface area contributed by atoms with Gasteiger partial charge in [0.05, 0.1) is 18.4 Å². The maximum atomic E-state index is 13.1. The maximum Gasteiger partial charge on any atom is 0.252 e.